The molecule has 7 nitrogen and oxygen atoms in total. The summed E-state index contributed by atoms with van der Waals surface area (Å²) in [7, 11) is 1.62. The summed E-state index contributed by atoms with van der Waals surface area (Å²) in [5.74, 6) is 1.55. The molecule has 0 saturated carbocycles. The van der Waals surface area contributed by atoms with Gasteiger partial charge in [0.15, 0.2) is 17.3 Å². The third-order valence-corrected chi connectivity index (χ3v) is 6.61. The second-order valence-corrected chi connectivity index (χ2v) is 9.76. The Kier molecular flexibility index (Phi) is 4.74. The molecule has 1 unspecified atom stereocenters. The number of ether oxygens (including phenoxy) is 2. The molecular weight excluding hydrogens is 447 g/mol. The maximum Gasteiger partial charge on any atom is 0.228 e. The number of aromatic nitrogens is 4. The Hall–Kier alpha value is -4.07. The van der Waals surface area contributed by atoms with Crippen molar-refractivity contribution in [3.8, 4) is 23.0 Å². The standard InChI is InChI=1S/C27H23FN4O3/c1-27(2)12-19(33)22-20(13-27)35-26-23(21(22)15-6-10-18(34-3)11-7-15)25-30-24(31-32(25)14-29-26)16-4-8-17(28)9-5-16/h4-11,14,21H,12-13H2,1-3H3. The summed E-state index contributed by atoms with van der Waals surface area (Å²) in [5.41, 5.74) is 3.26. The molecule has 0 radical (unpaired) electrons. The number of Topliss-reactive ketones (excluding diaryl/α,β-unsaturated/α-hetero) is 1. The maximum atomic E-state index is 13.5. The second kappa shape index (κ2) is 7.73. The fourth-order valence-corrected chi connectivity index (χ4v) is 5.00. The average Bonchev–Trinajstić information content (AvgIpc) is 3.27. The maximum absolute atomic E-state index is 13.5. The summed E-state index contributed by atoms with van der Waals surface area (Å²) in [6.45, 7) is 4.14. The number of methoxy groups -OCH3 is 1. The highest BCUT2D eigenvalue weighted by Crippen LogP contribution is 2.50. The molecule has 6 rings (SSSR count). The number of halogens is 1. The number of carbonyl (C=O) groups is 1. The van der Waals surface area contributed by atoms with E-state index >= 15 is 0 Å². The summed E-state index contributed by atoms with van der Waals surface area (Å²) in [6.07, 6.45) is 2.63. The Labute approximate surface area is 201 Å². The van der Waals surface area contributed by atoms with Crippen molar-refractivity contribution < 1.29 is 18.7 Å². The van der Waals surface area contributed by atoms with Crippen molar-refractivity contribution in [1.29, 1.82) is 0 Å². The first kappa shape index (κ1) is 21.5. The van der Waals surface area contributed by atoms with Gasteiger partial charge in [0.1, 0.15) is 23.7 Å². The molecule has 2 aromatic carbocycles. The molecule has 0 spiro atoms. The number of ketones is 1. The fourth-order valence-electron chi connectivity index (χ4n) is 5.00. The van der Waals surface area contributed by atoms with Gasteiger partial charge in [0.25, 0.3) is 0 Å². The Morgan fingerprint density at radius 1 is 1.09 bits per heavy atom. The zero-order valence-electron chi connectivity index (χ0n) is 19.6. The van der Waals surface area contributed by atoms with E-state index in [1.165, 1.54) is 12.1 Å². The van der Waals surface area contributed by atoms with Crippen LogP contribution in [-0.4, -0.2) is 32.5 Å². The number of hydrogen-bond acceptors (Lipinski definition) is 6. The van der Waals surface area contributed by atoms with E-state index in [1.807, 2.05) is 24.3 Å². The van der Waals surface area contributed by atoms with Gasteiger partial charge in [0.05, 0.1) is 12.7 Å². The van der Waals surface area contributed by atoms with Crippen LogP contribution in [0.5, 0.6) is 11.6 Å². The summed E-state index contributed by atoms with van der Waals surface area (Å²) >= 11 is 0. The van der Waals surface area contributed by atoms with Crippen molar-refractivity contribution in [2.45, 2.75) is 32.6 Å². The van der Waals surface area contributed by atoms with Crippen LogP contribution in [0.15, 0.2) is 66.2 Å². The predicted octanol–water partition coefficient (Wildman–Crippen LogP) is 5.11. The molecule has 1 aliphatic heterocycles. The minimum Gasteiger partial charge on any atom is -0.497 e. The molecule has 0 N–H and O–H groups in total. The van der Waals surface area contributed by atoms with Gasteiger partial charge in [0.2, 0.25) is 5.88 Å². The Morgan fingerprint density at radius 3 is 2.54 bits per heavy atom. The molecule has 1 atom stereocenters. The quantitative estimate of drug-likeness (QED) is 0.414. The van der Waals surface area contributed by atoms with Crippen LogP contribution in [0, 0.1) is 11.2 Å². The molecule has 0 fully saturated rings. The van der Waals surface area contributed by atoms with Crippen LogP contribution < -0.4 is 9.47 Å². The molecule has 8 heteroatoms. The van der Waals surface area contributed by atoms with Gasteiger partial charge < -0.3 is 9.47 Å². The van der Waals surface area contributed by atoms with E-state index in [9.17, 15) is 9.18 Å². The van der Waals surface area contributed by atoms with Gasteiger partial charge >= 0.3 is 0 Å². The summed E-state index contributed by atoms with van der Waals surface area (Å²) in [4.78, 5) is 22.8. The number of fused-ring (bicyclic) bond motifs is 3. The number of rotatable bonds is 3. The Bertz CT molecular complexity index is 1500. The van der Waals surface area contributed by atoms with Gasteiger partial charge in [0, 0.05) is 29.9 Å². The van der Waals surface area contributed by atoms with E-state index in [4.69, 9.17) is 14.5 Å². The Morgan fingerprint density at radius 2 is 1.83 bits per heavy atom. The number of carbonyl (C=O) groups excluding carboxylic acids is 1. The van der Waals surface area contributed by atoms with Crippen LogP contribution in [0.2, 0.25) is 0 Å². The number of benzene rings is 2. The minimum atomic E-state index is -0.412. The topological polar surface area (TPSA) is 78.6 Å². The molecule has 3 heterocycles. The van der Waals surface area contributed by atoms with Crippen molar-refractivity contribution in [3.05, 3.63) is 83.1 Å². The molecule has 0 amide bonds. The minimum absolute atomic E-state index is 0.0583. The summed E-state index contributed by atoms with van der Waals surface area (Å²) < 4.78 is 26.7. The van der Waals surface area contributed by atoms with Gasteiger partial charge in [-0.15, -0.1) is 5.10 Å². The first-order chi connectivity index (χ1) is 16.8. The van der Waals surface area contributed by atoms with E-state index in [-0.39, 0.29) is 17.0 Å². The largest absolute Gasteiger partial charge is 0.497 e. The SMILES string of the molecule is COc1ccc(C2C3=C(CC(C)(C)CC3=O)Oc3ncn4nc(-c5ccc(F)cc5)nc4c32)cc1. The van der Waals surface area contributed by atoms with Crippen molar-refractivity contribution in [3.63, 3.8) is 0 Å². The second-order valence-electron chi connectivity index (χ2n) is 9.76. The lowest BCUT2D eigenvalue weighted by molar-refractivity contribution is -0.118. The van der Waals surface area contributed by atoms with Gasteiger partial charge in [-0.2, -0.15) is 0 Å². The lowest BCUT2D eigenvalue weighted by atomic mass is 9.70. The van der Waals surface area contributed by atoms with E-state index in [2.05, 4.69) is 23.9 Å². The fraction of sp³-hybridized carbons (Fsp3) is 0.259. The summed E-state index contributed by atoms with van der Waals surface area (Å²) in [5, 5.41) is 4.57. The predicted molar refractivity (Wildman–Crippen MR) is 127 cm³/mol. The van der Waals surface area contributed by atoms with Crippen LogP contribution >= 0.6 is 0 Å². The molecule has 0 saturated heterocycles. The van der Waals surface area contributed by atoms with E-state index in [0.29, 0.717) is 52.7 Å². The average molecular weight is 471 g/mol. The molecule has 4 aromatic rings. The highest BCUT2D eigenvalue weighted by molar-refractivity contribution is 6.00. The molecule has 1 aliphatic carbocycles. The molecule has 0 bridgehead atoms. The van der Waals surface area contributed by atoms with Crippen molar-refractivity contribution >= 4 is 11.4 Å². The van der Waals surface area contributed by atoms with Crippen LogP contribution in [0.25, 0.3) is 17.0 Å². The molecule has 35 heavy (non-hydrogen) atoms. The monoisotopic (exact) mass is 470 g/mol. The first-order valence-corrected chi connectivity index (χ1v) is 11.4. The van der Waals surface area contributed by atoms with E-state index in [0.717, 1.165) is 11.3 Å². The van der Waals surface area contributed by atoms with Crippen LogP contribution in [0.1, 0.15) is 43.7 Å². The molecular formula is C27H23FN4O3. The smallest absolute Gasteiger partial charge is 0.228 e. The van der Waals surface area contributed by atoms with Gasteiger partial charge in [-0.05, 0) is 47.4 Å². The molecule has 2 aromatic heterocycles. The number of hydrogen-bond donors (Lipinski definition) is 0. The lowest BCUT2D eigenvalue weighted by Gasteiger charge is -2.37. The summed E-state index contributed by atoms with van der Waals surface area (Å²) in [6, 6.07) is 13.7. The molecule has 176 valence electrons. The third-order valence-electron chi connectivity index (χ3n) is 6.61. The third kappa shape index (κ3) is 3.56. The van der Waals surface area contributed by atoms with Crippen molar-refractivity contribution in [1.82, 2.24) is 19.6 Å². The number of nitrogens with zero attached hydrogens (tertiary/aromatic N) is 4. The zero-order valence-corrected chi connectivity index (χ0v) is 19.6. The first-order valence-electron chi connectivity index (χ1n) is 11.4. The Balaban J connectivity index is 1.58. The highest BCUT2D eigenvalue weighted by Gasteiger charge is 2.44. The van der Waals surface area contributed by atoms with Crippen molar-refractivity contribution in [2.75, 3.05) is 7.11 Å². The van der Waals surface area contributed by atoms with Crippen LogP contribution in [0.4, 0.5) is 4.39 Å². The van der Waals surface area contributed by atoms with Crippen LogP contribution in [0.3, 0.4) is 0 Å². The van der Waals surface area contributed by atoms with Gasteiger partial charge in [-0.1, -0.05) is 26.0 Å². The van der Waals surface area contributed by atoms with Crippen molar-refractivity contribution in [2.24, 2.45) is 5.41 Å². The normalized spacial score (nSPS) is 18.7. The lowest BCUT2D eigenvalue weighted by Crippen LogP contribution is -2.33. The van der Waals surface area contributed by atoms with Crippen LogP contribution in [-0.2, 0) is 4.79 Å². The van der Waals surface area contributed by atoms with E-state index in [1.54, 1.807) is 30.1 Å². The van der Waals surface area contributed by atoms with Gasteiger partial charge in [-0.25, -0.2) is 18.9 Å². The van der Waals surface area contributed by atoms with Gasteiger partial charge in [-0.3, -0.25) is 4.79 Å². The molecule has 2 aliphatic rings. The zero-order chi connectivity index (χ0) is 24.3. The highest BCUT2D eigenvalue weighted by atomic mass is 19.1. The van der Waals surface area contributed by atoms with E-state index < -0.39 is 5.92 Å². The number of allylic oxidation sites excluding steroid dienone is 2.